The molecule has 0 saturated heterocycles. The highest BCUT2D eigenvalue weighted by Crippen LogP contribution is 2.10. The van der Waals surface area contributed by atoms with Crippen molar-refractivity contribution in [2.75, 3.05) is 11.9 Å². The van der Waals surface area contributed by atoms with Crippen LogP contribution in [0.2, 0.25) is 0 Å². The van der Waals surface area contributed by atoms with Crippen LogP contribution in [0, 0.1) is 19.7 Å². The van der Waals surface area contributed by atoms with Gasteiger partial charge in [-0.05, 0) is 56.4 Å². The van der Waals surface area contributed by atoms with E-state index in [2.05, 4.69) is 25.3 Å². The summed E-state index contributed by atoms with van der Waals surface area (Å²) in [6.07, 6.45) is 7.73. The van der Waals surface area contributed by atoms with E-state index in [1.54, 1.807) is 12.4 Å². The van der Waals surface area contributed by atoms with E-state index in [0.29, 0.717) is 24.5 Å². The van der Waals surface area contributed by atoms with Crippen LogP contribution in [0.5, 0.6) is 0 Å². The third-order valence-corrected chi connectivity index (χ3v) is 4.53. The molecule has 0 aliphatic heterocycles. The highest BCUT2D eigenvalue weighted by molar-refractivity contribution is 5.27. The first-order valence-corrected chi connectivity index (χ1v) is 9.36. The lowest BCUT2D eigenvalue weighted by molar-refractivity contribution is 0.615. The van der Waals surface area contributed by atoms with E-state index in [-0.39, 0.29) is 11.4 Å². The van der Waals surface area contributed by atoms with E-state index >= 15 is 0 Å². The number of nitrogens with zero attached hydrogens (tertiary/aromatic N) is 3. The summed E-state index contributed by atoms with van der Waals surface area (Å²) in [5, 5.41) is 3.13. The molecule has 0 aliphatic rings. The molecule has 6 nitrogen and oxygen atoms in total. The Hall–Kier alpha value is -3.09. The molecule has 3 aromatic heterocycles. The second kappa shape index (κ2) is 9.21. The van der Waals surface area contributed by atoms with Crippen molar-refractivity contribution in [2.24, 2.45) is 0 Å². The number of anilines is 1. The zero-order valence-electron chi connectivity index (χ0n) is 16.1. The molecule has 3 aromatic rings. The molecule has 3 heterocycles. The molecule has 0 fully saturated rings. The van der Waals surface area contributed by atoms with Crippen LogP contribution in [0.25, 0.3) is 0 Å². The van der Waals surface area contributed by atoms with Crippen LogP contribution in [0.4, 0.5) is 10.3 Å². The minimum Gasteiger partial charge on any atom is -0.356 e. The smallest absolute Gasteiger partial charge is 0.255 e. The van der Waals surface area contributed by atoms with Crippen molar-refractivity contribution in [1.82, 2.24) is 19.9 Å². The van der Waals surface area contributed by atoms with Gasteiger partial charge < -0.3 is 5.32 Å². The molecule has 0 atom stereocenters. The van der Waals surface area contributed by atoms with Crippen molar-refractivity contribution >= 4 is 5.95 Å². The summed E-state index contributed by atoms with van der Waals surface area (Å²) >= 11 is 0. The molecule has 0 amide bonds. The van der Waals surface area contributed by atoms with Crippen molar-refractivity contribution < 1.29 is 4.39 Å². The number of rotatable bonds is 8. The first-order chi connectivity index (χ1) is 13.5. The normalized spacial score (nSPS) is 10.8. The first kappa shape index (κ1) is 19.7. The van der Waals surface area contributed by atoms with Gasteiger partial charge in [0.05, 0.1) is 6.20 Å². The molecular weight excluding hydrogens is 357 g/mol. The Labute approximate surface area is 163 Å². The Bertz CT molecular complexity index is 985. The second-order valence-corrected chi connectivity index (χ2v) is 6.87. The Kier molecular flexibility index (Phi) is 6.47. The fourth-order valence-electron chi connectivity index (χ4n) is 2.91. The Morgan fingerprint density at radius 3 is 2.64 bits per heavy atom. The third-order valence-electron chi connectivity index (χ3n) is 4.53. The predicted octanol–water partition coefficient (Wildman–Crippen LogP) is 3.34. The summed E-state index contributed by atoms with van der Waals surface area (Å²) in [7, 11) is 0. The van der Waals surface area contributed by atoms with Gasteiger partial charge in [0.1, 0.15) is 5.82 Å². The SMILES string of the molecule is Cc1ccc(Cc2cnc(NCCCCc3ncc(F)cc3C)[nH]c2=O)cn1. The van der Waals surface area contributed by atoms with Crippen LogP contribution in [-0.4, -0.2) is 26.5 Å². The molecule has 7 heteroatoms. The van der Waals surface area contributed by atoms with Gasteiger partial charge in [-0.3, -0.25) is 19.7 Å². The number of halogens is 1. The van der Waals surface area contributed by atoms with Gasteiger partial charge in [0.25, 0.3) is 5.56 Å². The molecule has 0 bridgehead atoms. The standard InChI is InChI=1S/C21H24FN5O/c1-14-9-18(22)13-25-19(14)5-3-4-8-23-21-26-12-17(20(28)27-21)10-16-7-6-15(2)24-11-16/h6-7,9,11-13H,3-5,8,10H2,1-2H3,(H2,23,26,27,28). The van der Waals surface area contributed by atoms with Crippen molar-refractivity contribution in [3.05, 3.63) is 81.0 Å². The lowest BCUT2D eigenvalue weighted by Crippen LogP contribution is -2.17. The third kappa shape index (κ3) is 5.45. The molecule has 3 rings (SSSR count). The summed E-state index contributed by atoms with van der Waals surface area (Å²) < 4.78 is 13.1. The number of H-pyrrole nitrogens is 1. The zero-order chi connectivity index (χ0) is 19.9. The minimum atomic E-state index is -0.306. The molecular formula is C21H24FN5O. The lowest BCUT2D eigenvalue weighted by atomic mass is 10.1. The highest BCUT2D eigenvalue weighted by atomic mass is 19.1. The molecule has 0 unspecified atom stereocenters. The molecule has 0 spiro atoms. The Balaban J connectivity index is 1.46. The molecule has 0 aliphatic carbocycles. The lowest BCUT2D eigenvalue weighted by Gasteiger charge is -2.07. The predicted molar refractivity (Wildman–Crippen MR) is 107 cm³/mol. The number of nitrogens with one attached hydrogen (secondary N) is 2. The molecule has 146 valence electrons. The highest BCUT2D eigenvalue weighted by Gasteiger charge is 2.05. The summed E-state index contributed by atoms with van der Waals surface area (Å²) in [6, 6.07) is 5.39. The van der Waals surface area contributed by atoms with Crippen LogP contribution in [0.3, 0.4) is 0 Å². The number of aromatic nitrogens is 4. The molecule has 0 radical (unpaired) electrons. The zero-order valence-corrected chi connectivity index (χ0v) is 16.1. The van der Waals surface area contributed by atoms with Crippen molar-refractivity contribution in [3.63, 3.8) is 0 Å². The summed E-state index contributed by atoms with van der Waals surface area (Å²) in [4.78, 5) is 27.7. The van der Waals surface area contributed by atoms with E-state index in [1.165, 1.54) is 12.3 Å². The van der Waals surface area contributed by atoms with Crippen LogP contribution >= 0.6 is 0 Å². The maximum atomic E-state index is 13.1. The van der Waals surface area contributed by atoms with Gasteiger partial charge in [0, 0.05) is 42.3 Å². The van der Waals surface area contributed by atoms with Crippen molar-refractivity contribution in [2.45, 2.75) is 39.5 Å². The largest absolute Gasteiger partial charge is 0.356 e. The van der Waals surface area contributed by atoms with Gasteiger partial charge in [0.15, 0.2) is 0 Å². The summed E-state index contributed by atoms with van der Waals surface area (Å²) in [6.45, 7) is 4.48. The summed E-state index contributed by atoms with van der Waals surface area (Å²) in [5.41, 5.74) is 4.17. The van der Waals surface area contributed by atoms with Crippen molar-refractivity contribution in [1.29, 1.82) is 0 Å². The fraction of sp³-hybridized carbons (Fsp3) is 0.333. The average Bonchev–Trinajstić information content (AvgIpc) is 2.67. The van der Waals surface area contributed by atoms with E-state index in [1.807, 2.05) is 26.0 Å². The van der Waals surface area contributed by atoms with Crippen LogP contribution in [-0.2, 0) is 12.8 Å². The van der Waals surface area contributed by atoms with Gasteiger partial charge >= 0.3 is 0 Å². The number of aromatic amines is 1. The van der Waals surface area contributed by atoms with Gasteiger partial charge in [-0.1, -0.05) is 6.07 Å². The van der Waals surface area contributed by atoms with Crippen LogP contribution in [0.15, 0.2) is 41.6 Å². The number of hydrogen-bond acceptors (Lipinski definition) is 5. The number of hydrogen-bond donors (Lipinski definition) is 2. The topological polar surface area (TPSA) is 83.6 Å². The van der Waals surface area contributed by atoms with Crippen LogP contribution < -0.4 is 10.9 Å². The van der Waals surface area contributed by atoms with E-state index in [4.69, 9.17) is 0 Å². The molecule has 0 saturated carbocycles. The monoisotopic (exact) mass is 381 g/mol. The number of pyridine rings is 2. The fourth-order valence-corrected chi connectivity index (χ4v) is 2.91. The maximum absolute atomic E-state index is 13.1. The average molecular weight is 381 g/mol. The van der Waals surface area contributed by atoms with E-state index in [9.17, 15) is 9.18 Å². The van der Waals surface area contributed by atoms with E-state index < -0.39 is 0 Å². The minimum absolute atomic E-state index is 0.149. The first-order valence-electron chi connectivity index (χ1n) is 9.36. The van der Waals surface area contributed by atoms with E-state index in [0.717, 1.165) is 41.8 Å². The molecule has 28 heavy (non-hydrogen) atoms. The summed E-state index contributed by atoms with van der Waals surface area (Å²) in [5.74, 6) is 0.159. The Morgan fingerprint density at radius 1 is 1.07 bits per heavy atom. The number of unbranched alkanes of at least 4 members (excludes halogenated alkanes) is 1. The number of aryl methyl sites for hydroxylation is 3. The van der Waals surface area contributed by atoms with Gasteiger partial charge in [-0.25, -0.2) is 9.37 Å². The van der Waals surface area contributed by atoms with Crippen LogP contribution in [0.1, 0.15) is 40.9 Å². The molecule has 0 aromatic carbocycles. The Morgan fingerprint density at radius 2 is 1.93 bits per heavy atom. The van der Waals surface area contributed by atoms with Gasteiger partial charge in [0.2, 0.25) is 5.95 Å². The maximum Gasteiger partial charge on any atom is 0.255 e. The second-order valence-electron chi connectivity index (χ2n) is 6.87. The van der Waals surface area contributed by atoms with Gasteiger partial charge in [-0.15, -0.1) is 0 Å². The molecule has 2 N–H and O–H groups in total. The van der Waals surface area contributed by atoms with Crippen molar-refractivity contribution in [3.8, 4) is 0 Å². The quantitative estimate of drug-likeness (QED) is 0.585. The van der Waals surface area contributed by atoms with Gasteiger partial charge in [-0.2, -0.15) is 0 Å².